The normalized spacial score (nSPS) is 27.9. The van der Waals surface area contributed by atoms with Gasteiger partial charge in [0.1, 0.15) is 12.1 Å². The highest BCUT2D eigenvalue weighted by Gasteiger charge is 2.46. The summed E-state index contributed by atoms with van der Waals surface area (Å²) in [6.45, 7) is 7.03. The number of nitrogens with zero attached hydrogens (tertiary/aromatic N) is 1. The molecule has 2 fully saturated rings. The van der Waals surface area contributed by atoms with Crippen molar-refractivity contribution in [1.82, 2.24) is 10.2 Å². The molecule has 108 valence electrons. The molecule has 0 aromatic heterocycles. The average Bonchev–Trinajstić information content (AvgIpc) is 3.23. The van der Waals surface area contributed by atoms with Crippen LogP contribution in [0.1, 0.15) is 52.9 Å². The van der Waals surface area contributed by atoms with Crippen molar-refractivity contribution in [3.63, 3.8) is 0 Å². The Kier molecular flexibility index (Phi) is 4.48. The van der Waals surface area contributed by atoms with E-state index in [1.165, 1.54) is 0 Å². The van der Waals surface area contributed by atoms with Crippen LogP contribution in [0.3, 0.4) is 0 Å². The molecule has 2 unspecified atom stereocenters. The molecule has 1 saturated carbocycles. The fourth-order valence-corrected chi connectivity index (χ4v) is 2.98. The number of nitrogens with one attached hydrogen (secondary N) is 1. The molecule has 1 saturated heterocycles. The van der Waals surface area contributed by atoms with Gasteiger partial charge < -0.3 is 10.2 Å². The lowest BCUT2D eigenvalue weighted by Gasteiger charge is -2.40. The van der Waals surface area contributed by atoms with Crippen LogP contribution < -0.4 is 5.32 Å². The van der Waals surface area contributed by atoms with E-state index in [4.69, 9.17) is 0 Å². The molecule has 4 nitrogen and oxygen atoms in total. The number of hydrogen-bond donors (Lipinski definition) is 1. The van der Waals surface area contributed by atoms with Gasteiger partial charge in [-0.05, 0) is 31.1 Å². The van der Waals surface area contributed by atoms with Crippen LogP contribution >= 0.6 is 0 Å². The zero-order valence-corrected chi connectivity index (χ0v) is 12.3. The standard InChI is InChI=1S/C15H26N2O2/c1-4-10(5-2)9-17-12(6-3)14(18)16-13(15(17)19)11-7-8-11/h10-13H,4-9H2,1-3H3,(H,16,18). The van der Waals surface area contributed by atoms with E-state index in [2.05, 4.69) is 19.2 Å². The number of carbonyl (C=O) groups is 2. The van der Waals surface area contributed by atoms with Gasteiger partial charge in [-0.1, -0.05) is 33.6 Å². The fourth-order valence-electron chi connectivity index (χ4n) is 2.98. The van der Waals surface area contributed by atoms with E-state index >= 15 is 0 Å². The molecular formula is C15H26N2O2. The second-order valence-electron chi connectivity index (χ2n) is 5.92. The van der Waals surface area contributed by atoms with Gasteiger partial charge in [-0.15, -0.1) is 0 Å². The van der Waals surface area contributed by atoms with E-state index < -0.39 is 0 Å². The summed E-state index contributed by atoms with van der Waals surface area (Å²) < 4.78 is 0. The predicted molar refractivity (Wildman–Crippen MR) is 74.5 cm³/mol. The molecule has 2 rings (SSSR count). The van der Waals surface area contributed by atoms with Crippen LogP contribution in [0.5, 0.6) is 0 Å². The Hall–Kier alpha value is -1.06. The molecule has 0 aromatic carbocycles. The van der Waals surface area contributed by atoms with Crippen LogP contribution in [0.4, 0.5) is 0 Å². The average molecular weight is 266 g/mol. The molecule has 2 aliphatic rings. The predicted octanol–water partition coefficient (Wildman–Crippen LogP) is 1.94. The Morgan fingerprint density at radius 1 is 1.21 bits per heavy atom. The fraction of sp³-hybridized carbons (Fsp3) is 0.867. The number of piperazine rings is 1. The van der Waals surface area contributed by atoms with Gasteiger partial charge in [-0.25, -0.2) is 0 Å². The Morgan fingerprint density at radius 2 is 1.84 bits per heavy atom. The van der Waals surface area contributed by atoms with Gasteiger partial charge >= 0.3 is 0 Å². The van der Waals surface area contributed by atoms with E-state index in [9.17, 15) is 9.59 Å². The Balaban J connectivity index is 2.13. The largest absolute Gasteiger partial charge is 0.342 e. The van der Waals surface area contributed by atoms with Crippen LogP contribution in [0.15, 0.2) is 0 Å². The minimum absolute atomic E-state index is 0.0463. The zero-order valence-electron chi connectivity index (χ0n) is 12.3. The first-order valence-electron chi connectivity index (χ1n) is 7.73. The first-order valence-corrected chi connectivity index (χ1v) is 7.73. The van der Waals surface area contributed by atoms with Gasteiger partial charge in [0.2, 0.25) is 11.8 Å². The van der Waals surface area contributed by atoms with E-state index in [1.54, 1.807) is 0 Å². The zero-order chi connectivity index (χ0) is 14.0. The Labute approximate surface area is 115 Å². The topological polar surface area (TPSA) is 49.4 Å². The SMILES string of the molecule is CCC(CC)CN1C(=O)C(C2CC2)NC(=O)C1CC. The summed E-state index contributed by atoms with van der Waals surface area (Å²) >= 11 is 0. The maximum atomic E-state index is 12.6. The molecule has 0 spiro atoms. The van der Waals surface area contributed by atoms with Gasteiger partial charge in [-0.3, -0.25) is 9.59 Å². The van der Waals surface area contributed by atoms with Crippen molar-refractivity contribution in [2.24, 2.45) is 11.8 Å². The molecule has 2 atom stereocenters. The summed E-state index contributed by atoms with van der Waals surface area (Å²) in [6, 6.07) is -0.507. The second-order valence-corrected chi connectivity index (χ2v) is 5.92. The quantitative estimate of drug-likeness (QED) is 0.798. The highest BCUT2D eigenvalue weighted by molar-refractivity contribution is 5.97. The third kappa shape index (κ3) is 2.93. The molecule has 1 aliphatic heterocycles. The second kappa shape index (κ2) is 5.93. The Morgan fingerprint density at radius 3 is 2.32 bits per heavy atom. The minimum atomic E-state index is -0.261. The lowest BCUT2D eigenvalue weighted by molar-refractivity contribution is -0.150. The van der Waals surface area contributed by atoms with Gasteiger partial charge in [0, 0.05) is 6.54 Å². The summed E-state index contributed by atoms with van der Waals surface area (Å²) in [5.41, 5.74) is 0. The van der Waals surface area contributed by atoms with E-state index in [0.29, 0.717) is 18.3 Å². The van der Waals surface area contributed by atoms with Crippen molar-refractivity contribution in [3.05, 3.63) is 0 Å². The highest BCUT2D eigenvalue weighted by atomic mass is 16.2. The molecular weight excluding hydrogens is 240 g/mol. The third-order valence-corrected chi connectivity index (χ3v) is 4.62. The van der Waals surface area contributed by atoms with Crippen LogP contribution in [0.2, 0.25) is 0 Å². The lowest BCUT2D eigenvalue weighted by atomic mass is 9.97. The number of amides is 2. The molecule has 1 heterocycles. The molecule has 0 aromatic rings. The smallest absolute Gasteiger partial charge is 0.246 e. The van der Waals surface area contributed by atoms with Gasteiger partial charge in [0.25, 0.3) is 0 Å². The monoisotopic (exact) mass is 266 g/mol. The lowest BCUT2D eigenvalue weighted by Crippen LogP contribution is -2.64. The summed E-state index contributed by atoms with van der Waals surface area (Å²) in [5.74, 6) is 1.09. The Bertz CT molecular complexity index is 348. The first-order chi connectivity index (χ1) is 9.12. The highest BCUT2D eigenvalue weighted by Crippen LogP contribution is 2.35. The van der Waals surface area contributed by atoms with Crippen LogP contribution in [-0.4, -0.2) is 35.3 Å². The molecule has 0 bridgehead atoms. The molecule has 1 aliphatic carbocycles. The minimum Gasteiger partial charge on any atom is -0.342 e. The molecule has 0 radical (unpaired) electrons. The van der Waals surface area contributed by atoms with Crippen molar-refractivity contribution in [3.8, 4) is 0 Å². The number of rotatable bonds is 6. The summed E-state index contributed by atoms with van der Waals surface area (Å²) in [4.78, 5) is 26.6. The summed E-state index contributed by atoms with van der Waals surface area (Å²) in [5, 5.41) is 2.94. The van der Waals surface area contributed by atoms with E-state index in [1.807, 2.05) is 11.8 Å². The number of hydrogen-bond acceptors (Lipinski definition) is 2. The van der Waals surface area contributed by atoms with Gasteiger partial charge in [0.05, 0.1) is 0 Å². The maximum absolute atomic E-state index is 12.6. The van der Waals surface area contributed by atoms with Crippen LogP contribution in [0, 0.1) is 11.8 Å². The van der Waals surface area contributed by atoms with E-state index in [-0.39, 0.29) is 23.9 Å². The molecule has 4 heteroatoms. The molecule has 1 N–H and O–H groups in total. The van der Waals surface area contributed by atoms with Crippen molar-refractivity contribution >= 4 is 11.8 Å². The van der Waals surface area contributed by atoms with E-state index in [0.717, 1.165) is 32.2 Å². The number of carbonyl (C=O) groups excluding carboxylic acids is 2. The van der Waals surface area contributed by atoms with Crippen LogP contribution in [0.25, 0.3) is 0 Å². The third-order valence-electron chi connectivity index (χ3n) is 4.62. The maximum Gasteiger partial charge on any atom is 0.246 e. The summed E-state index contributed by atoms with van der Waals surface area (Å²) in [6.07, 6.45) is 4.98. The molecule has 2 amide bonds. The van der Waals surface area contributed by atoms with Crippen molar-refractivity contribution in [2.45, 2.75) is 65.0 Å². The first kappa shape index (κ1) is 14.4. The van der Waals surface area contributed by atoms with Crippen molar-refractivity contribution in [2.75, 3.05) is 6.54 Å². The van der Waals surface area contributed by atoms with Gasteiger partial charge in [-0.2, -0.15) is 0 Å². The van der Waals surface area contributed by atoms with Gasteiger partial charge in [0.15, 0.2) is 0 Å². The van der Waals surface area contributed by atoms with Crippen LogP contribution in [-0.2, 0) is 9.59 Å². The van der Waals surface area contributed by atoms with Crippen molar-refractivity contribution in [1.29, 1.82) is 0 Å². The molecule has 19 heavy (non-hydrogen) atoms. The van der Waals surface area contributed by atoms with Crippen molar-refractivity contribution < 1.29 is 9.59 Å². The summed E-state index contributed by atoms with van der Waals surface area (Å²) in [7, 11) is 0.